The molecule has 2 aliphatic rings. The Morgan fingerprint density at radius 1 is 1.07 bits per heavy atom. The van der Waals surface area contributed by atoms with Crippen molar-refractivity contribution in [2.75, 3.05) is 51.9 Å². The maximum absolute atomic E-state index is 13.0. The van der Waals surface area contributed by atoms with Gasteiger partial charge in [0, 0.05) is 32.2 Å². The first kappa shape index (κ1) is 19.9. The summed E-state index contributed by atoms with van der Waals surface area (Å²) >= 11 is 0. The Bertz CT molecular complexity index is 760. The minimum Gasteiger partial charge on any atom is -0.493 e. The number of carbonyl (C=O) groups excluding carboxylic acids is 3. The molecule has 0 saturated carbocycles. The van der Waals surface area contributed by atoms with Crippen molar-refractivity contribution < 1.29 is 28.6 Å². The molecule has 9 heteroatoms. The second kappa shape index (κ2) is 8.47. The van der Waals surface area contributed by atoms with Crippen molar-refractivity contribution in [3.63, 3.8) is 0 Å². The van der Waals surface area contributed by atoms with Gasteiger partial charge < -0.3 is 19.1 Å². The van der Waals surface area contributed by atoms with Crippen LogP contribution in [0, 0.1) is 0 Å². The van der Waals surface area contributed by atoms with E-state index in [0.29, 0.717) is 50.0 Å². The van der Waals surface area contributed by atoms with Crippen LogP contribution in [-0.2, 0) is 14.3 Å². The van der Waals surface area contributed by atoms with Crippen LogP contribution < -0.4 is 14.4 Å². The van der Waals surface area contributed by atoms with Crippen LogP contribution in [0.25, 0.3) is 0 Å². The highest BCUT2D eigenvalue weighted by atomic mass is 16.6. The smallest absolute Gasteiger partial charge is 0.409 e. The van der Waals surface area contributed by atoms with Crippen LogP contribution in [0.15, 0.2) is 18.2 Å². The number of imide groups is 1. The topological polar surface area (TPSA) is 88.6 Å². The fraction of sp³-hybridized carbons (Fsp3) is 0.526. The third-order valence-corrected chi connectivity index (χ3v) is 5.03. The fourth-order valence-corrected chi connectivity index (χ4v) is 3.57. The van der Waals surface area contributed by atoms with Crippen molar-refractivity contribution in [2.24, 2.45) is 0 Å². The molecular weight excluding hydrogens is 366 g/mol. The van der Waals surface area contributed by atoms with Crippen molar-refractivity contribution >= 4 is 23.6 Å². The average molecular weight is 391 g/mol. The lowest BCUT2D eigenvalue weighted by atomic mass is 10.2. The highest BCUT2D eigenvalue weighted by Gasteiger charge is 2.43. The van der Waals surface area contributed by atoms with E-state index >= 15 is 0 Å². The molecule has 2 aliphatic heterocycles. The average Bonchev–Trinajstić information content (AvgIpc) is 3.01. The largest absolute Gasteiger partial charge is 0.493 e. The Labute approximate surface area is 163 Å². The predicted molar refractivity (Wildman–Crippen MR) is 101 cm³/mol. The number of carbonyl (C=O) groups is 3. The Kier molecular flexibility index (Phi) is 6.03. The minimum absolute atomic E-state index is 0.118. The summed E-state index contributed by atoms with van der Waals surface area (Å²) in [6.45, 7) is 4.06. The van der Waals surface area contributed by atoms with Crippen molar-refractivity contribution in [1.82, 2.24) is 9.80 Å². The van der Waals surface area contributed by atoms with Crippen LogP contribution in [0.2, 0.25) is 0 Å². The van der Waals surface area contributed by atoms with Crippen LogP contribution in [0.3, 0.4) is 0 Å². The van der Waals surface area contributed by atoms with Crippen LogP contribution in [0.4, 0.5) is 10.5 Å². The second-order valence-corrected chi connectivity index (χ2v) is 6.55. The van der Waals surface area contributed by atoms with Gasteiger partial charge in [0.15, 0.2) is 11.5 Å². The molecule has 2 fully saturated rings. The molecule has 28 heavy (non-hydrogen) atoms. The zero-order chi connectivity index (χ0) is 20.3. The van der Waals surface area contributed by atoms with Gasteiger partial charge in [-0.25, -0.2) is 9.69 Å². The van der Waals surface area contributed by atoms with Gasteiger partial charge in [-0.1, -0.05) is 0 Å². The summed E-state index contributed by atoms with van der Waals surface area (Å²) in [5.74, 6) is 0.459. The molecule has 0 unspecified atom stereocenters. The van der Waals surface area contributed by atoms with E-state index in [1.54, 1.807) is 30.0 Å². The SMILES string of the molecule is CCOC(=O)N1CCN([C@H]2CC(=O)N(c3ccc(OC)c(OC)c3)C2=O)CC1. The van der Waals surface area contributed by atoms with Gasteiger partial charge in [-0.15, -0.1) is 0 Å². The number of benzene rings is 1. The van der Waals surface area contributed by atoms with E-state index in [2.05, 4.69) is 0 Å². The molecule has 1 aromatic rings. The lowest BCUT2D eigenvalue weighted by Crippen LogP contribution is -2.54. The van der Waals surface area contributed by atoms with E-state index in [1.807, 2.05) is 4.90 Å². The van der Waals surface area contributed by atoms with E-state index in [0.717, 1.165) is 0 Å². The summed E-state index contributed by atoms with van der Waals surface area (Å²) in [5.41, 5.74) is 0.459. The monoisotopic (exact) mass is 391 g/mol. The highest BCUT2D eigenvalue weighted by Crippen LogP contribution is 2.34. The van der Waals surface area contributed by atoms with Gasteiger partial charge in [0.1, 0.15) is 0 Å². The molecule has 2 heterocycles. The summed E-state index contributed by atoms with van der Waals surface area (Å²) in [5, 5.41) is 0. The number of nitrogens with zero attached hydrogens (tertiary/aromatic N) is 3. The van der Waals surface area contributed by atoms with Gasteiger partial charge in [0.25, 0.3) is 5.91 Å². The molecule has 3 amide bonds. The Hall–Kier alpha value is -2.81. The summed E-state index contributed by atoms with van der Waals surface area (Å²) in [4.78, 5) is 42.1. The van der Waals surface area contributed by atoms with Gasteiger partial charge in [-0.3, -0.25) is 14.5 Å². The molecule has 0 radical (unpaired) electrons. The van der Waals surface area contributed by atoms with Crippen molar-refractivity contribution in [3.05, 3.63) is 18.2 Å². The van der Waals surface area contributed by atoms with Crippen LogP contribution in [0.5, 0.6) is 11.5 Å². The molecule has 0 bridgehead atoms. The van der Waals surface area contributed by atoms with Crippen molar-refractivity contribution in [2.45, 2.75) is 19.4 Å². The molecule has 0 N–H and O–H groups in total. The standard InChI is InChI=1S/C19H25N3O6/c1-4-28-19(25)21-9-7-20(8-10-21)14-12-17(23)22(18(14)24)13-5-6-15(26-2)16(11-13)27-3/h5-6,11,14H,4,7-10,12H2,1-3H3/t14-/m0/s1. The summed E-state index contributed by atoms with van der Waals surface area (Å²) < 4.78 is 15.5. The first-order valence-corrected chi connectivity index (χ1v) is 9.24. The van der Waals surface area contributed by atoms with Gasteiger partial charge >= 0.3 is 6.09 Å². The number of rotatable bonds is 5. The second-order valence-electron chi connectivity index (χ2n) is 6.55. The Morgan fingerprint density at radius 3 is 2.36 bits per heavy atom. The minimum atomic E-state index is -0.523. The molecule has 0 aliphatic carbocycles. The summed E-state index contributed by atoms with van der Waals surface area (Å²) in [6.07, 6.45) is -0.227. The Morgan fingerprint density at radius 2 is 1.75 bits per heavy atom. The van der Waals surface area contributed by atoms with Crippen molar-refractivity contribution in [1.29, 1.82) is 0 Å². The first-order chi connectivity index (χ1) is 13.5. The normalized spacial score (nSPS) is 20.5. The number of amides is 3. The molecule has 9 nitrogen and oxygen atoms in total. The highest BCUT2D eigenvalue weighted by molar-refractivity contribution is 6.22. The van der Waals surface area contributed by atoms with E-state index in [4.69, 9.17) is 14.2 Å². The van der Waals surface area contributed by atoms with E-state index in [-0.39, 0.29) is 24.3 Å². The van der Waals surface area contributed by atoms with E-state index in [9.17, 15) is 14.4 Å². The molecule has 1 atom stereocenters. The maximum Gasteiger partial charge on any atom is 0.409 e. The number of methoxy groups -OCH3 is 2. The number of piperazine rings is 1. The Balaban J connectivity index is 1.70. The van der Waals surface area contributed by atoms with Crippen molar-refractivity contribution in [3.8, 4) is 11.5 Å². The third kappa shape index (κ3) is 3.75. The van der Waals surface area contributed by atoms with Crippen LogP contribution in [0.1, 0.15) is 13.3 Å². The zero-order valence-corrected chi connectivity index (χ0v) is 16.3. The zero-order valence-electron chi connectivity index (χ0n) is 16.3. The first-order valence-electron chi connectivity index (χ1n) is 9.24. The molecule has 3 rings (SSSR count). The molecule has 152 valence electrons. The molecule has 1 aromatic carbocycles. The van der Waals surface area contributed by atoms with E-state index < -0.39 is 6.04 Å². The fourth-order valence-electron chi connectivity index (χ4n) is 3.57. The molecular formula is C19H25N3O6. The quantitative estimate of drug-likeness (QED) is 0.695. The molecule has 0 spiro atoms. The van der Waals surface area contributed by atoms with Gasteiger partial charge in [-0.2, -0.15) is 0 Å². The van der Waals surface area contributed by atoms with Crippen LogP contribution in [-0.4, -0.2) is 80.8 Å². The lowest BCUT2D eigenvalue weighted by molar-refractivity contribution is -0.123. The number of hydrogen-bond donors (Lipinski definition) is 0. The summed E-state index contributed by atoms with van der Waals surface area (Å²) in [6, 6.07) is 4.43. The molecule has 0 aromatic heterocycles. The third-order valence-electron chi connectivity index (χ3n) is 5.03. The lowest BCUT2D eigenvalue weighted by Gasteiger charge is -2.36. The van der Waals surface area contributed by atoms with Gasteiger partial charge in [-0.05, 0) is 19.1 Å². The van der Waals surface area contributed by atoms with Gasteiger partial charge in [0.2, 0.25) is 5.91 Å². The van der Waals surface area contributed by atoms with E-state index in [1.165, 1.54) is 19.1 Å². The molecule has 2 saturated heterocycles. The number of anilines is 1. The summed E-state index contributed by atoms with van der Waals surface area (Å²) in [7, 11) is 3.02. The predicted octanol–water partition coefficient (Wildman–Crippen LogP) is 1.11. The van der Waals surface area contributed by atoms with Gasteiger partial charge in [0.05, 0.1) is 39.0 Å². The maximum atomic E-state index is 13.0. The number of ether oxygens (including phenoxy) is 3. The van der Waals surface area contributed by atoms with Crippen LogP contribution >= 0.6 is 0 Å². The number of hydrogen-bond acceptors (Lipinski definition) is 7.